The standard InChI is InChI=1S/C19H36O4Si/c1-12(2)19(7,8)24(13(3)4,14(5)6)23-18(22)16-11-9-10-15(16)17(20)21/h12-16H,9-11H2,1-8H3,(H,20,21). The molecule has 1 fully saturated rings. The van der Waals surface area contributed by atoms with Crippen LogP contribution in [-0.2, 0) is 14.0 Å². The van der Waals surface area contributed by atoms with Gasteiger partial charge in [0.1, 0.15) is 0 Å². The number of hydrogen-bond acceptors (Lipinski definition) is 3. The van der Waals surface area contributed by atoms with Gasteiger partial charge in [0.2, 0.25) is 0 Å². The SMILES string of the molecule is CC(C)C(C)(C)[Si](OC(=O)C1CCCC1C(=O)O)(C(C)C)C(C)C. The van der Waals surface area contributed by atoms with Crippen LogP contribution in [0.1, 0.15) is 74.7 Å². The van der Waals surface area contributed by atoms with Gasteiger partial charge in [-0.15, -0.1) is 0 Å². The van der Waals surface area contributed by atoms with Crippen molar-refractivity contribution in [1.82, 2.24) is 0 Å². The first-order valence-corrected chi connectivity index (χ1v) is 11.4. The zero-order valence-electron chi connectivity index (χ0n) is 16.7. The minimum atomic E-state index is -2.48. The van der Waals surface area contributed by atoms with Gasteiger partial charge < -0.3 is 9.53 Å². The van der Waals surface area contributed by atoms with E-state index in [-0.39, 0.29) is 22.1 Å². The molecule has 0 heterocycles. The number of carbonyl (C=O) groups excluding carboxylic acids is 1. The first-order valence-electron chi connectivity index (χ1n) is 9.35. The minimum Gasteiger partial charge on any atom is -0.518 e. The molecule has 0 aromatic rings. The minimum absolute atomic E-state index is 0.0810. The second kappa shape index (κ2) is 7.59. The van der Waals surface area contributed by atoms with E-state index in [2.05, 4.69) is 55.4 Å². The van der Waals surface area contributed by atoms with E-state index >= 15 is 0 Å². The maximum absolute atomic E-state index is 13.0. The zero-order chi connectivity index (χ0) is 18.9. The average molecular weight is 357 g/mol. The molecular weight excluding hydrogens is 320 g/mol. The molecule has 1 aliphatic carbocycles. The van der Waals surface area contributed by atoms with Crippen LogP contribution in [0.2, 0.25) is 16.1 Å². The number of rotatable bonds is 7. The Morgan fingerprint density at radius 1 is 1.00 bits per heavy atom. The highest BCUT2D eigenvalue weighted by molar-refractivity contribution is 6.80. The molecule has 0 saturated heterocycles. The topological polar surface area (TPSA) is 63.6 Å². The molecule has 0 amide bonds. The van der Waals surface area contributed by atoms with Gasteiger partial charge in [-0.2, -0.15) is 0 Å². The van der Waals surface area contributed by atoms with E-state index in [1.807, 2.05) is 0 Å². The summed E-state index contributed by atoms with van der Waals surface area (Å²) >= 11 is 0. The van der Waals surface area contributed by atoms with Gasteiger partial charge in [-0.05, 0) is 34.9 Å². The smallest absolute Gasteiger partial charge is 0.307 e. The van der Waals surface area contributed by atoms with Crippen molar-refractivity contribution in [2.24, 2.45) is 17.8 Å². The summed E-state index contributed by atoms with van der Waals surface area (Å²) in [5.74, 6) is -1.79. The number of carboxylic acids is 1. The molecule has 0 radical (unpaired) electrons. The molecule has 2 unspecified atom stereocenters. The molecule has 0 aromatic carbocycles. The highest BCUT2D eigenvalue weighted by atomic mass is 28.4. The van der Waals surface area contributed by atoms with Crippen molar-refractivity contribution in [3.63, 3.8) is 0 Å². The van der Waals surface area contributed by atoms with Crippen molar-refractivity contribution >= 4 is 20.3 Å². The second-order valence-electron chi connectivity index (χ2n) is 8.88. The van der Waals surface area contributed by atoms with Crippen molar-refractivity contribution in [2.45, 2.75) is 90.8 Å². The van der Waals surface area contributed by atoms with Gasteiger partial charge in [-0.25, -0.2) is 0 Å². The van der Waals surface area contributed by atoms with Crippen molar-refractivity contribution in [3.8, 4) is 0 Å². The molecule has 0 aromatic heterocycles. The van der Waals surface area contributed by atoms with Crippen molar-refractivity contribution in [1.29, 1.82) is 0 Å². The van der Waals surface area contributed by atoms with Crippen LogP contribution in [0.15, 0.2) is 0 Å². The van der Waals surface area contributed by atoms with Crippen molar-refractivity contribution in [2.75, 3.05) is 0 Å². The fourth-order valence-corrected chi connectivity index (χ4v) is 11.2. The van der Waals surface area contributed by atoms with E-state index in [0.29, 0.717) is 18.8 Å². The molecule has 24 heavy (non-hydrogen) atoms. The van der Waals surface area contributed by atoms with Crippen LogP contribution in [0.3, 0.4) is 0 Å². The van der Waals surface area contributed by atoms with E-state index < -0.39 is 26.1 Å². The molecule has 2 atom stereocenters. The van der Waals surface area contributed by atoms with Crippen molar-refractivity contribution in [3.05, 3.63) is 0 Å². The number of hydrogen-bond donors (Lipinski definition) is 1. The summed E-state index contributed by atoms with van der Waals surface area (Å²) in [6.45, 7) is 17.5. The van der Waals surface area contributed by atoms with Crippen molar-refractivity contribution < 1.29 is 19.1 Å². The van der Waals surface area contributed by atoms with E-state index in [9.17, 15) is 14.7 Å². The molecule has 140 valence electrons. The van der Waals surface area contributed by atoms with Crippen LogP contribution in [0, 0.1) is 17.8 Å². The Hall–Kier alpha value is -0.843. The molecule has 1 saturated carbocycles. The van der Waals surface area contributed by atoms with E-state index in [4.69, 9.17) is 4.43 Å². The summed E-state index contributed by atoms with van der Waals surface area (Å²) in [7, 11) is -2.48. The average Bonchev–Trinajstić information content (AvgIpc) is 2.92. The monoisotopic (exact) mass is 356 g/mol. The lowest BCUT2D eigenvalue weighted by Gasteiger charge is -2.51. The highest BCUT2D eigenvalue weighted by Crippen LogP contribution is 2.55. The van der Waals surface area contributed by atoms with Gasteiger partial charge in [-0.3, -0.25) is 9.59 Å². The predicted molar refractivity (Wildman–Crippen MR) is 99.4 cm³/mol. The van der Waals surface area contributed by atoms with Gasteiger partial charge in [0.25, 0.3) is 14.3 Å². The number of carboxylic acid groups (broad SMARTS) is 1. The number of aliphatic carboxylic acids is 1. The molecule has 0 aliphatic heterocycles. The van der Waals surface area contributed by atoms with Gasteiger partial charge in [0.15, 0.2) is 0 Å². The summed E-state index contributed by atoms with van der Waals surface area (Å²) in [5.41, 5.74) is 0.562. The molecule has 4 nitrogen and oxygen atoms in total. The third-order valence-corrected chi connectivity index (χ3v) is 13.1. The lowest BCUT2D eigenvalue weighted by atomic mass is 9.97. The fourth-order valence-electron chi connectivity index (χ4n) is 4.75. The van der Waals surface area contributed by atoms with Gasteiger partial charge >= 0.3 is 5.97 Å². The quantitative estimate of drug-likeness (QED) is 0.634. The molecule has 5 heteroatoms. The summed E-state index contributed by atoms with van der Waals surface area (Å²) in [4.78, 5) is 24.5. The van der Waals surface area contributed by atoms with E-state index in [1.165, 1.54) is 0 Å². The van der Waals surface area contributed by atoms with Gasteiger partial charge in [-0.1, -0.05) is 61.8 Å². The first kappa shape index (κ1) is 21.2. The van der Waals surface area contributed by atoms with Crippen LogP contribution in [0.4, 0.5) is 0 Å². The second-order valence-corrected chi connectivity index (χ2v) is 14.3. The van der Waals surface area contributed by atoms with Crippen LogP contribution in [-0.4, -0.2) is 25.4 Å². The summed E-state index contributed by atoms with van der Waals surface area (Å²) < 4.78 is 6.39. The Labute approximate surface area is 148 Å². The molecule has 1 rings (SSSR count). The van der Waals surface area contributed by atoms with Gasteiger partial charge in [0.05, 0.1) is 11.8 Å². The third kappa shape index (κ3) is 3.56. The first-order chi connectivity index (χ1) is 10.9. The molecule has 0 spiro atoms. The Morgan fingerprint density at radius 3 is 1.83 bits per heavy atom. The van der Waals surface area contributed by atoms with Crippen LogP contribution in [0.5, 0.6) is 0 Å². The largest absolute Gasteiger partial charge is 0.518 e. The Balaban J connectivity index is 3.23. The summed E-state index contributed by atoms with van der Waals surface area (Å²) in [5, 5.41) is 9.32. The lowest BCUT2D eigenvalue weighted by molar-refractivity contribution is -0.151. The number of carbonyl (C=O) groups is 2. The summed E-state index contributed by atoms with van der Waals surface area (Å²) in [6.07, 6.45) is 2.02. The van der Waals surface area contributed by atoms with Gasteiger partial charge in [0, 0.05) is 0 Å². The normalized spacial score (nSPS) is 22.5. The Morgan fingerprint density at radius 2 is 1.46 bits per heavy atom. The zero-order valence-corrected chi connectivity index (χ0v) is 17.7. The Kier molecular flexibility index (Phi) is 6.70. The fraction of sp³-hybridized carbons (Fsp3) is 0.895. The van der Waals surface area contributed by atoms with Crippen LogP contribution < -0.4 is 0 Å². The maximum atomic E-state index is 13.0. The third-order valence-electron chi connectivity index (χ3n) is 6.57. The van der Waals surface area contributed by atoms with Crippen LogP contribution >= 0.6 is 0 Å². The highest BCUT2D eigenvalue weighted by Gasteiger charge is 2.58. The molecule has 0 bridgehead atoms. The molecule has 1 aliphatic rings. The Bertz CT molecular complexity index is 460. The maximum Gasteiger partial charge on any atom is 0.307 e. The predicted octanol–water partition coefficient (Wildman–Crippen LogP) is 5.23. The molecule has 1 N–H and O–H groups in total. The lowest BCUT2D eigenvalue weighted by Crippen LogP contribution is -2.57. The van der Waals surface area contributed by atoms with E-state index in [1.54, 1.807) is 0 Å². The van der Waals surface area contributed by atoms with E-state index in [0.717, 1.165) is 6.42 Å². The molecular formula is C19H36O4Si. The summed E-state index contributed by atoms with van der Waals surface area (Å²) in [6, 6.07) is 0. The van der Waals surface area contributed by atoms with Crippen LogP contribution in [0.25, 0.3) is 0 Å².